The number of nitrogens with one attached hydrogen (secondary N) is 3. The zero-order valence-corrected chi connectivity index (χ0v) is 18.8. The van der Waals surface area contributed by atoms with Crippen molar-refractivity contribution in [2.75, 3.05) is 40.3 Å². The lowest BCUT2D eigenvalue weighted by Gasteiger charge is -2.32. The van der Waals surface area contributed by atoms with Crippen LogP contribution in [0, 0.1) is 5.82 Å². The highest BCUT2D eigenvalue weighted by molar-refractivity contribution is 14.0. The molecule has 1 saturated heterocycles. The maximum Gasteiger partial charge on any atom is 0.233 e. The zero-order chi connectivity index (χ0) is 18.9. The fraction of sp³-hybridized carbons (Fsp3) is 0.556. The van der Waals surface area contributed by atoms with Crippen LogP contribution in [-0.4, -0.2) is 63.1 Å². The molecule has 1 aliphatic heterocycles. The van der Waals surface area contributed by atoms with Crippen LogP contribution in [0.2, 0.25) is 5.02 Å². The Hall–Kier alpha value is -1.13. The van der Waals surface area contributed by atoms with Crippen LogP contribution in [-0.2, 0) is 11.2 Å². The van der Waals surface area contributed by atoms with Crippen LogP contribution in [0.4, 0.5) is 4.39 Å². The van der Waals surface area contributed by atoms with Gasteiger partial charge < -0.3 is 16.0 Å². The molecule has 152 valence electrons. The van der Waals surface area contributed by atoms with Gasteiger partial charge in [-0.1, -0.05) is 17.7 Å². The molecule has 1 heterocycles. The van der Waals surface area contributed by atoms with Crippen molar-refractivity contribution in [3.8, 4) is 0 Å². The van der Waals surface area contributed by atoms with Crippen LogP contribution in [0.1, 0.15) is 18.4 Å². The summed E-state index contributed by atoms with van der Waals surface area (Å²) >= 11 is 6.05. The van der Waals surface area contributed by atoms with Crippen molar-refractivity contribution in [1.29, 1.82) is 0 Å². The molecule has 1 aromatic rings. The van der Waals surface area contributed by atoms with E-state index in [2.05, 4.69) is 25.8 Å². The summed E-state index contributed by atoms with van der Waals surface area (Å²) in [6, 6.07) is 5.02. The van der Waals surface area contributed by atoms with Gasteiger partial charge in [-0.05, 0) is 31.4 Å². The summed E-state index contributed by atoms with van der Waals surface area (Å²) in [4.78, 5) is 17.8. The number of aliphatic imine (C=N–C) groups is 1. The average molecular weight is 512 g/mol. The molecule has 27 heavy (non-hydrogen) atoms. The first-order chi connectivity index (χ1) is 12.5. The number of likely N-dealkylation sites (N-methyl/N-ethyl adjacent to an activating group) is 1. The van der Waals surface area contributed by atoms with Gasteiger partial charge in [-0.2, -0.15) is 0 Å². The molecule has 1 aliphatic rings. The van der Waals surface area contributed by atoms with Gasteiger partial charge >= 0.3 is 0 Å². The number of guanidine groups is 1. The van der Waals surface area contributed by atoms with E-state index in [0.717, 1.165) is 25.9 Å². The number of carbonyl (C=O) groups excluding carboxylic acids is 1. The Bertz CT molecular complexity index is 618. The molecule has 0 atom stereocenters. The Kier molecular flexibility index (Phi) is 10.9. The smallest absolute Gasteiger partial charge is 0.233 e. The maximum absolute atomic E-state index is 13.8. The van der Waals surface area contributed by atoms with Crippen LogP contribution < -0.4 is 16.0 Å². The van der Waals surface area contributed by atoms with E-state index in [9.17, 15) is 9.18 Å². The third kappa shape index (κ3) is 7.79. The number of hydrogen-bond donors (Lipinski definition) is 3. The molecule has 0 bridgehead atoms. The number of hydrogen-bond acceptors (Lipinski definition) is 3. The predicted molar refractivity (Wildman–Crippen MR) is 119 cm³/mol. The molecule has 0 spiro atoms. The van der Waals surface area contributed by atoms with Crippen molar-refractivity contribution in [2.24, 2.45) is 4.99 Å². The van der Waals surface area contributed by atoms with E-state index in [1.807, 2.05) is 0 Å². The molecule has 0 saturated carbocycles. The van der Waals surface area contributed by atoms with Crippen molar-refractivity contribution in [3.05, 3.63) is 34.6 Å². The lowest BCUT2D eigenvalue weighted by molar-refractivity contribution is -0.122. The fourth-order valence-corrected chi connectivity index (χ4v) is 3.24. The van der Waals surface area contributed by atoms with Gasteiger partial charge in [-0.15, -0.1) is 24.0 Å². The molecule has 9 heteroatoms. The van der Waals surface area contributed by atoms with Crippen LogP contribution in [0.15, 0.2) is 23.2 Å². The number of rotatable bonds is 6. The van der Waals surface area contributed by atoms with Gasteiger partial charge in [0.05, 0.1) is 6.54 Å². The zero-order valence-electron chi connectivity index (χ0n) is 15.7. The van der Waals surface area contributed by atoms with Crippen molar-refractivity contribution < 1.29 is 9.18 Å². The lowest BCUT2D eigenvalue weighted by Crippen LogP contribution is -2.50. The minimum atomic E-state index is -0.286. The number of halogens is 3. The SMILES string of the molecule is CN=C(NCCc1c(F)cccc1Cl)NC1CCN(CC(=O)NC)CC1.I. The van der Waals surface area contributed by atoms with E-state index in [-0.39, 0.29) is 35.7 Å². The summed E-state index contributed by atoms with van der Waals surface area (Å²) in [5, 5.41) is 9.69. The van der Waals surface area contributed by atoms with Crippen molar-refractivity contribution in [2.45, 2.75) is 25.3 Å². The third-order valence-electron chi connectivity index (χ3n) is 4.53. The Morgan fingerprint density at radius 2 is 2.07 bits per heavy atom. The normalized spacial score (nSPS) is 15.8. The van der Waals surface area contributed by atoms with Crippen LogP contribution in [0.5, 0.6) is 0 Å². The predicted octanol–water partition coefficient (Wildman–Crippen LogP) is 2.02. The second-order valence-corrected chi connectivity index (χ2v) is 6.72. The quantitative estimate of drug-likeness (QED) is 0.311. The Morgan fingerprint density at radius 1 is 1.37 bits per heavy atom. The Balaban J connectivity index is 0.00000364. The Labute approximate surface area is 182 Å². The number of benzene rings is 1. The first kappa shape index (κ1) is 23.9. The van der Waals surface area contributed by atoms with Gasteiger partial charge in [0.25, 0.3) is 0 Å². The van der Waals surface area contributed by atoms with Gasteiger partial charge in [0.15, 0.2) is 5.96 Å². The number of amides is 1. The van der Waals surface area contributed by atoms with Crippen LogP contribution in [0.25, 0.3) is 0 Å². The second-order valence-electron chi connectivity index (χ2n) is 6.32. The molecule has 6 nitrogen and oxygen atoms in total. The molecule has 0 aliphatic carbocycles. The lowest BCUT2D eigenvalue weighted by atomic mass is 10.1. The van der Waals surface area contributed by atoms with E-state index in [1.165, 1.54) is 6.07 Å². The summed E-state index contributed by atoms with van der Waals surface area (Å²) in [6.07, 6.45) is 2.37. The fourth-order valence-electron chi connectivity index (χ4n) is 2.98. The van der Waals surface area contributed by atoms with Crippen molar-refractivity contribution in [1.82, 2.24) is 20.9 Å². The van der Waals surface area contributed by atoms with E-state index in [0.29, 0.717) is 42.1 Å². The van der Waals surface area contributed by atoms with E-state index in [1.54, 1.807) is 26.2 Å². The standard InChI is InChI=1S/C18H27ClFN5O.HI/c1-21-17(26)12-25-10-7-13(8-11-25)24-18(22-2)23-9-6-14-15(19)4-3-5-16(14)20;/h3-5,13H,6-12H2,1-2H3,(H,21,26)(H2,22,23,24);1H. The van der Waals surface area contributed by atoms with E-state index in [4.69, 9.17) is 11.6 Å². The van der Waals surface area contributed by atoms with Gasteiger partial charge in [-0.3, -0.25) is 14.7 Å². The number of nitrogens with zero attached hydrogens (tertiary/aromatic N) is 2. The topological polar surface area (TPSA) is 68.8 Å². The molecule has 3 N–H and O–H groups in total. The summed E-state index contributed by atoms with van der Waals surface area (Å²) in [5.41, 5.74) is 0.514. The summed E-state index contributed by atoms with van der Waals surface area (Å²) < 4.78 is 13.8. The highest BCUT2D eigenvalue weighted by Crippen LogP contribution is 2.19. The molecule has 1 fully saturated rings. The molecular weight excluding hydrogens is 484 g/mol. The van der Waals surface area contributed by atoms with Gasteiger partial charge in [0, 0.05) is 50.4 Å². The molecule has 1 aromatic carbocycles. The Morgan fingerprint density at radius 3 is 2.67 bits per heavy atom. The van der Waals surface area contributed by atoms with Crippen molar-refractivity contribution in [3.63, 3.8) is 0 Å². The van der Waals surface area contributed by atoms with Gasteiger partial charge in [-0.25, -0.2) is 4.39 Å². The third-order valence-corrected chi connectivity index (χ3v) is 4.88. The monoisotopic (exact) mass is 511 g/mol. The number of likely N-dealkylation sites (tertiary alicyclic amines) is 1. The van der Waals surface area contributed by atoms with Gasteiger partial charge in [0.1, 0.15) is 5.82 Å². The first-order valence-electron chi connectivity index (χ1n) is 8.86. The molecule has 0 radical (unpaired) electrons. The highest BCUT2D eigenvalue weighted by atomic mass is 127. The summed E-state index contributed by atoms with van der Waals surface area (Å²) in [5.74, 6) is 0.452. The second kappa shape index (κ2) is 12.4. The minimum Gasteiger partial charge on any atom is -0.358 e. The van der Waals surface area contributed by atoms with E-state index >= 15 is 0 Å². The van der Waals surface area contributed by atoms with Crippen molar-refractivity contribution >= 4 is 47.4 Å². The van der Waals surface area contributed by atoms with Gasteiger partial charge in [0.2, 0.25) is 5.91 Å². The molecule has 0 unspecified atom stereocenters. The maximum atomic E-state index is 13.8. The summed E-state index contributed by atoms with van der Waals surface area (Å²) in [7, 11) is 3.37. The van der Waals surface area contributed by atoms with Crippen LogP contribution >= 0.6 is 35.6 Å². The molecule has 1 amide bonds. The summed E-state index contributed by atoms with van der Waals surface area (Å²) in [6.45, 7) is 2.72. The highest BCUT2D eigenvalue weighted by Gasteiger charge is 2.21. The average Bonchev–Trinajstić information content (AvgIpc) is 2.64. The van der Waals surface area contributed by atoms with Crippen LogP contribution in [0.3, 0.4) is 0 Å². The number of piperidine rings is 1. The minimum absolute atomic E-state index is 0. The number of carbonyl (C=O) groups is 1. The molecule has 0 aromatic heterocycles. The largest absolute Gasteiger partial charge is 0.358 e. The molecular formula is C18H28ClFIN5O. The van der Waals surface area contributed by atoms with E-state index < -0.39 is 0 Å². The first-order valence-corrected chi connectivity index (χ1v) is 9.24. The molecule has 2 rings (SSSR count).